The number of aromatic nitrogens is 1. The third-order valence-corrected chi connectivity index (χ3v) is 3.11. The van der Waals surface area contributed by atoms with Gasteiger partial charge in [-0.05, 0) is 31.2 Å². The Morgan fingerprint density at radius 2 is 2.14 bits per heavy atom. The minimum Gasteiger partial charge on any atom is -0.497 e. The van der Waals surface area contributed by atoms with Crippen LogP contribution in [0.4, 0.5) is 11.5 Å². The number of methoxy groups -OCH3 is 1. The average molecular weight is 285 g/mol. The monoisotopic (exact) mass is 285 g/mol. The molecule has 0 aliphatic rings. The van der Waals surface area contributed by atoms with Crippen molar-refractivity contribution in [3.63, 3.8) is 0 Å². The van der Waals surface area contributed by atoms with E-state index in [4.69, 9.17) is 4.74 Å². The first-order valence-electron chi connectivity index (χ1n) is 6.77. The molecule has 110 valence electrons. The summed E-state index contributed by atoms with van der Waals surface area (Å²) in [7, 11) is 3.33. The van der Waals surface area contributed by atoms with Crippen LogP contribution in [0.25, 0.3) is 0 Å². The van der Waals surface area contributed by atoms with Gasteiger partial charge in [0.15, 0.2) is 0 Å². The van der Waals surface area contributed by atoms with Gasteiger partial charge in [0, 0.05) is 31.5 Å². The molecule has 2 rings (SSSR count). The Balaban J connectivity index is 2.17. The van der Waals surface area contributed by atoms with E-state index < -0.39 is 0 Å². The van der Waals surface area contributed by atoms with Gasteiger partial charge in [0.1, 0.15) is 11.6 Å². The van der Waals surface area contributed by atoms with Crippen LogP contribution >= 0.6 is 0 Å². The SMILES string of the molecule is CCNc1ccc(C(=O)N(C)c2cccc(OC)c2)cn1. The Labute approximate surface area is 124 Å². The largest absolute Gasteiger partial charge is 0.497 e. The lowest BCUT2D eigenvalue weighted by molar-refractivity contribution is 0.0992. The van der Waals surface area contributed by atoms with Gasteiger partial charge in [0.2, 0.25) is 0 Å². The van der Waals surface area contributed by atoms with Crippen LogP contribution in [-0.4, -0.2) is 31.6 Å². The number of carbonyl (C=O) groups is 1. The Hall–Kier alpha value is -2.56. The number of hydrogen-bond donors (Lipinski definition) is 1. The number of nitrogens with zero attached hydrogens (tertiary/aromatic N) is 2. The summed E-state index contributed by atoms with van der Waals surface area (Å²) >= 11 is 0. The average Bonchev–Trinajstić information content (AvgIpc) is 2.54. The van der Waals surface area contributed by atoms with Gasteiger partial charge in [0.25, 0.3) is 5.91 Å². The quantitative estimate of drug-likeness (QED) is 0.917. The van der Waals surface area contributed by atoms with Crippen molar-refractivity contribution in [3.8, 4) is 5.75 Å². The molecule has 0 bridgehead atoms. The summed E-state index contributed by atoms with van der Waals surface area (Å²) in [5.74, 6) is 1.37. The molecule has 0 saturated carbocycles. The predicted octanol–water partition coefficient (Wildman–Crippen LogP) is 2.80. The van der Waals surface area contributed by atoms with Gasteiger partial charge in [-0.15, -0.1) is 0 Å². The first kappa shape index (κ1) is 14.8. The number of anilines is 2. The standard InChI is InChI=1S/C16H19N3O2/c1-4-17-15-9-8-12(11-18-15)16(20)19(2)13-6-5-7-14(10-13)21-3/h5-11H,4H2,1-3H3,(H,17,18). The molecule has 0 unspecified atom stereocenters. The Kier molecular flexibility index (Phi) is 4.77. The lowest BCUT2D eigenvalue weighted by atomic mass is 10.2. The molecule has 5 nitrogen and oxygen atoms in total. The van der Waals surface area contributed by atoms with Crippen molar-refractivity contribution in [1.82, 2.24) is 4.98 Å². The molecular formula is C16H19N3O2. The summed E-state index contributed by atoms with van der Waals surface area (Å²) in [6, 6.07) is 10.9. The van der Waals surface area contributed by atoms with Crippen LogP contribution in [0.15, 0.2) is 42.6 Å². The normalized spacial score (nSPS) is 10.0. The molecule has 0 spiro atoms. The molecule has 1 amide bonds. The van der Waals surface area contributed by atoms with Gasteiger partial charge in [-0.2, -0.15) is 0 Å². The van der Waals surface area contributed by atoms with Crippen molar-refractivity contribution >= 4 is 17.4 Å². The topological polar surface area (TPSA) is 54.5 Å². The van der Waals surface area contributed by atoms with Gasteiger partial charge in [-0.1, -0.05) is 6.07 Å². The van der Waals surface area contributed by atoms with E-state index in [-0.39, 0.29) is 5.91 Å². The minimum absolute atomic E-state index is 0.112. The maximum atomic E-state index is 12.4. The molecule has 0 atom stereocenters. The van der Waals surface area contributed by atoms with Gasteiger partial charge in [-0.3, -0.25) is 4.79 Å². The van der Waals surface area contributed by atoms with E-state index in [0.29, 0.717) is 11.3 Å². The van der Waals surface area contributed by atoms with E-state index in [1.807, 2.05) is 31.2 Å². The van der Waals surface area contributed by atoms with Crippen molar-refractivity contribution in [2.75, 3.05) is 30.9 Å². The van der Waals surface area contributed by atoms with Crippen molar-refractivity contribution in [2.45, 2.75) is 6.92 Å². The molecule has 1 heterocycles. The molecule has 2 aromatic rings. The molecule has 0 saturated heterocycles. The van der Waals surface area contributed by atoms with Crippen molar-refractivity contribution in [2.24, 2.45) is 0 Å². The fraction of sp³-hybridized carbons (Fsp3) is 0.250. The lowest BCUT2D eigenvalue weighted by Gasteiger charge is -2.18. The smallest absolute Gasteiger partial charge is 0.259 e. The summed E-state index contributed by atoms with van der Waals surface area (Å²) in [5, 5.41) is 3.10. The van der Waals surface area contributed by atoms with Crippen LogP contribution in [0.1, 0.15) is 17.3 Å². The summed E-state index contributed by atoms with van der Waals surface area (Å²) in [4.78, 5) is 18.2. The molecule has 5 heteroatoms. The predicted molar refractivity (Wildman–Crippen MR) is 84.1 cm³/mol. The van der Waals surface area contributed by atoms with E-state index in [2.05, 4.69) is 10.3 Å². The number of amides is 1. The zero-order valence-corrected chi connectivity index (χ0v) is 12.5. The van der Waals surface area contributed by atoms with Gasteiger partial charge in [-0.25, -0.2) is 4.98 Å². The van der Waals surface area contributed by atoms with Crippen LogP contribution in [0.3, 0.4) is 0 Å². The van der Waals surface area contributed by atoms with Gasteiger partial charge < -0.3 is 15.0 Å². The van der Waals surface area contributed by atoms with Gasteiger partial charge in [0.05, 0.1) is 12.7 Å². The number of carbonyl (C=O) groups excluding carboxylic acids is 1. The van der Waals surface area contributed by atoms with Crippen molar-refractivity contribution in [1.29, 1.82) is 0 Å². The zero-order valence-electron chi connectivity index (χ0n) is 12.5. The van der Waals surface area contributed by atoms with Crippen LogP contribution in [0.5, 0.6) is 5.75 Å². The first-order valence-corrected chi connectivity index (χ1v) is 6.77. The third kappa shape index (κ3) is 3.51. The summed E-state index contributed by atoms with van der Waals surface area (Å²) in [6.07, 6.45) is 1.58. The van der Waals surface area contributed by atoms with Crippen molar-refractivity contribution in [3.05, 3.63) is 48.2 Å². The van der Waals surface area contributed by atoms with Gasteiger partial charge >= 0.3 is 0 Å². The molecule has 0 fully saturated rings. The second kappa shape index (κ2) is 6.74. The van der Waals surface area contributed by atoms with Crippen molar-refractivity contribution < 1.29 is 9.53 Å². The molecule has 1 aromatic heterocycles. The molecule has 0 aliphatic carbocycles. The number of pyridine rings is 1. The molecule has 0 aliphatic heterocycles. The Morgan fingerprint density at radius 1 is 1.33 bits per heavy atom. The number of ether oxygens (including phenoxy) is 1. The summed E-state index contributed by atoms with van der Waals surface area (Å²) < 4.78 is 5.17. The maximum Gasteiger partial charge on any atom is 0.259 e. The minimum atomic E-state index is -0.112. The molecule has 0 radical (unpaired) electrons. The van der Waals surface area contributed by atoms with E-state index in [1.165, 1.54) is 0 Å². The molecular weight excluding hydrogens is 266 g/mol. The van der Waals surface area contributed by atoms with Crippen LogP contribution in [-0.2, 0) is 0 Å². The van der Waals surface area contributed by atoms with Crippen LogP contribution < -0.4 is 15.0 Å². The van der Waals surface area contributed by atoms with E-state index in [1.54, 1.807) is 37.4 Å². The zero-order chi connectivity index (χ0) is 15.2. The Morgan fingerprint density at radius 3 is 2.76 bits per heavy atom. The molecule has 1 N–H and O–H groups in total. The Bertz CT molecular complexity index is 611. The second-order valence-corrected chi connectivity index (χ2v) is 4.53. The highest BCUT2D eigenvalue weighted by Gasteiger charge is 2.14. The highest BCUT2D eigenvalue weighted by atomic mass is 16.5. The third-order valence-electron chi connectivity index (χ3n) is 3.11. The number of benzene rings is 1. The fourth-order valence-corrected chi connectivity index (χ4v) is 1.94. The summed E-state index contributed by atoms with van der Waals surface area (Å²) in [5.41, 5.74) is 1.32. The highest BCUT2D eigenvalue weighted by molar-refractivity contribution is 6.05. The van der Waals surface area contributed by atoms with E-state index in [9.17, 15) is 4.79 Å². The maximum absolute atomic E-state index is 12.4. The number of hydrogen-bond acceptors (Lipinski definition) is 4. The number of nitrogens with one attached hydrogen (secondary N) is 1. The molecule has 1 aromatic carbocycles. The van der Waals surface area contributed by atoms with E-state index in [0.717, 1.165) is 18.1 Å². The first-order chi connectivity index (χ1) is 10.2. The van der Waals surface area contributed by atoms with Crippen LogP contribution in [0, 0.1) is 0 Å². The number of rotatable bonds is 5. The van der Waals surface area contributed by atoms with Crippen LogP contribution in [0.2, 0.25) is 0 Å². The van der Waals surface area contributed by atoms with E-state index >= 15 is 0 Å². The second-order valence-electron chi connectivity index (χ2n) is 4.53. The fourth-order valence-electron chi connectivity index (χ4n) is 1.94. The lowest BCUT2D eigenvalue weighted by Crippen LogP contribution is -2.26. The molecule has 21 heavy (non-hydrogen) atoms. The highest BCUT2D eigenvalue weighted by Crippen LogP contribution is 2.21. The summed E-state index contributed by atoms with van der Waals surface area (Å²) in [6.45, 7) is 2.79.